The first-order valence-corrected chi connectivity index (χ1v) is 7.16. The number of piperidine rings is 1. The molecular formula is C14H16N2OS. The summed E-state index contributed by atoms with van der Waals surface area (Å²) in [6.45, 7) is 3.55. The van der Waals surface area contributed by atoms with Crippen LogP contribution in [-0.4, -0.2) is 23.9 Å². The third kappa shape index (κ3) is 2.12. The van der Waals surface area contributed by atoms with Gasteiger partial charge < -0.3 is 4.90 Å². The highest BCUT2D eigenvalue weighted by Gasteiger charge is 2.24. The second-order valence-electron chi connectivity index (χ2n) is 4.86. The number of nitrogens with zero attached hydrogens (tertiary/aromatic N) is 2. The van der Waals surface area contributed by atoms with E-state index in [-0.39, 0.29) is 5.92 Å². The lowest BCUT2D eigenvalue weighted by Crippen LogP contribution is -2.37. The molecule has 0 amide bonds. The molecule has 18 heavy (non-hydrogen) atoms. The Morgan fingerprint density at radius 2 is 2.28 bits per heavy atom. The fourth-order valence-corrected chi connectivity index (χ4v) is 3.48. The molecule has 1 unspecified atom stereocenters. The monoisotopic (exact) mass is 260 g/mol. The Labute approximate surface area is 110 Å². The number of para-hydroxylation sites is 1. The number of aromatic nitrogens is 1. The Bertz CT molecular complexity index is 545. The van der Waals surface area contributed by atoms with Crippen molar-refractivity contribution in [1.82, 2.24) is 4.98 Å². The number of anilines is 1. The number of carbonyl (C=O) groups excluding carboxylic acids is 1. The predicted molar refractivity (Wildman–Crippen MR) is 75.2 cm³/mol. The van der Waals surface area contributed by atoms with Gasteiger partial charge in [0.05, 0.1) is 10.2 Å². The molecule has 0 saturated carbocycles. The van der Waals surface area contributed by atoms with E-state index in [2.05, 4.69) is 16.0 Å². The molecule has 3 nitrogen and oxygen atoms in total. The van der Waals surface area contributed by atoms with E-state index in [1.807, 2.05) is 18.2 Å². The molecule has 1 aromatic carbocycles. The molecule has 0 bridgehead atoms. The molecule has 1 fully saturated rings. The van der Waals surface area contributed by atoms with Crippen molar-refractivity contribution in [3.63, 3.8) is 0 Å². The van der Waals surface area contributed by atoms with Crippen LogP contribution in [0.25, 0.3) is 10.2 Å². The van der Waals surface area contributed by atoms with Crippen LogP contribution in [0.5, 0.6) is 0 Å². The largest absolute Gasteiger partial charge is 0.347 e. The fourth-order valence-electron chi connectivity index (χ4n) is 2.48. The normalized spacial score (nSPS) is 20.3. The SMILES string of the molecule is CC(=O)C1CCCN(c2nc3ccccc3s2)C1. The van der Waals surface area contributed by atoms with E-state index in [9.17, 15) is 4.79 Å². The standard InChI is InChI=1S/C14H16N2OS/c1-10(17)11-5-4-8-16(9-11)14-15-12-6-2-3-7-13(12)18-14/h2-3,6-7,11H,4-5,8-9H2,1H3. The van der Waals surface area contributed by atoms with Crippen molar-refractivity contribution in [3.8, 4) is 0 Å². The van der Waals surface area contributed by atoms with Gasteiger partial charge in [-0.2, -0.15) is 0 Å². The predicted octanol–water partition coefficient (Wildman–Crippen LogP) is 3.10. The van der Waals surface area contributed by atoms with Crippen LogP contribution in [0.15, 0.2) is 24.3 Å². The zero-order valence-electron chi connectivity index (χ0n) is 10.4. The quantitative estimate of drug-likeness (QED) is 0.832. The Hall–Kier alpha value is -1.42. The van der Waals surface area contributed by atoms with Gasteiger partial charge in [-0.05, 0) is 31.9 Å². The van der Waals surface area contributed by atoms with Crippen molar-refractivity contribution in [1.29, 1.82) is 0 Å². The van der Waals surface area contributed by atoms with Gasteiger partial charge in [-0.25, -0.2) is 4.98 Å². The minimum Gasteiger partial charge on any atom is -0.347 e. The molecule has 0 spiro atoms. The molecule has 94 valence electrons. The molecule has 2 heterocycles. The third-order valence-corrected chi connectivity index (χ3v) is 4.65. The van der Waals surface area contributed by atoms with Gasteiger partial charge in [-0.1, -0.05) is 23.5 Å². The number of fused-ring (bicyclic) bond motifs is 1. The lowest BCUT2D eigenvalue weighted by atomic mass is 9.95. The maximum Gasteiger partial charge on any atom is 0.186 e. The molecule has 2 aromatic rings. The molecule has 1 aliphatic heterocycles. The molecular weight excluding hydrogens is 244 g/mol. The van der Waals surface area contributed by atoms with E-state index in [0.29, 0.717) is 5.78 Å². The van der Waals surface area contributed by atoms with Crippen molar-refractivity contribution >= 4 is 32.5 Å². The molecule has 0 radical (unpaired) electrons. The first kappa shape index (κ1) is 11.7. The molecule has 1 saturated heterocycles. The maximum atomic E-state index is 11.5. The van der Waals surface area contributed by atoms with E-state index in [4.69, 9.17) is 0 Å². The van der Waals surface area contributed by atoms with Crippen molar-refractivity contribution in [2.24, 2.45) is 5.92 Å². The van der Waals surface area contributed by atoms with Gasteiger partial charge in [-0.15, -0.1) is 0 Å². The first-order valence-electron chi connectivity index (χ1n) is 6.35. The van der Waals surface area contributed by atoms with Crippen LogP contribution < -0.4 is 4.90 Å². The number of thiazole rings is 1. The van der Waals surface area contributed by atoms with Crippen molar-refractivity contribution < 1.29 is 4.79 Å². The van der Waals surface area contributed by atoms with Crippen LogP contribution in [0.2, 0.25) is 0 Å². The topological polar surface area (TPSA) is 33.2 Å². The van der Waals surface area contributed by atoms with Gasteiger partial charge in [0.2, 0.25) is 0 Å². The minimum atomic E-state index is 0.186. The van der Waals surface area contributed by atoms with Crippen LogP contribution in [0.1, 0.15) is 19.8 Å². The number of hydrogen-bond donors (Lipinski definition) is 0. The van der Waals surface area contributed by atoms with Gasteiger partial charge in [0.1, 0.15) is 5.78 Å². The van der Waals surface area contributed by atoms with Crippen molar-refractivity contribution in [3.05, 3.63) is 24.3 Å². The van der Waals surface area contributed by atoms with Gasteiger partial charge in [0.25, 0.3) is 0 Å². The summed E-state index contributed by atoms with van der Waals surface area (Å²) >= 11 is 1.72. The van der Waals surface area contributed by atoms with Crippen LogP contribution >= 0.6 is 11.3 Å². The lowest BCUT2D eigenvalue weighted by Gasteiger charge is -2.31. The van der Waals surface area contributed by atoms with Gasteiger partial charge in [0, 0.05) is 19.0 Å². The summed E-state index contributed by atoms with van der Waals surface area (Å²) in [6, 6.07) is 8.20. The van der Waals surface area contributed by atoms with Crippen LogP contribution in [0, 0.1) is 5.92 Å². The molecule has 0 N–H and O–H groups in total. The second-order valence-corrected chi connectivity index (χ2v) is 5.87. The summed E-state index contributed by atoms with van der Waals surface area (Å²) in [5.74, 6) is 0.492. The number of Topliss-reactive ketones (excluding diaryl/α,β-unsaturated/α-hetero) is 1. The highest BCUT2D eigenvalue weighted by molar-refractivity contribution is 7.22. The molecule has 4 heteroatoms. The number of rotatable bonds is 2. The number of benzene rings is 1. The summed E-state index contributed by atoms with van der Waals surface area (Å²) in [6.07, 6.45) is 2.11. The smallest absolute Gasteiger partial charge is 0.186 e. The fraction of sp³-hybridized carbons (Fsp3) is 0.429. The Balaban J connectivity index is 1.87. The highest BCUT2D eigenvalue weighted by Crippen LogP contribution is 2.31. The van der Waals surface area contributed by atoms with E-state index in [0.717, 1.165) is 36.6 Å². The summed E-state index contributed by atoms with van der Waals surface area (Å²) in [4.78, 5) is 18.4. The molecule has 1 aliphatic rings. The maximum absolute atomic E-state index is 11.5. The zero-order valence-corrected chi connectivity index (χ0v) is 11.2. The first-order chi connectivity index (χ1) is 8.74. The van der Waals surface area contributed by atoms with Gasteiger partial charge in [0.15, 0.2) is 5.13 Å². The summed E-state index contributed by atoms with van der Waals surface area (Å²) in [5.41, 5.74) is 1.06. The average molecular weight is 260 g/mol. The highest BCUT2D eigenvalue weighted by atomic mass is 32.1. The minimum absolute atomic E-state index is 0.186. The molecule has 1 aromatic heterocycles. The zero-order chi connectivity index (χ0) is 12.5. The Morgan fingerprint density at radius 1 is 1.44 bits per heavy atom. The number of carbonyl (C=O) groups is 1. The molecule has 0 aliphatic carbocycles. The van der Waals surface area contributed by atoms with Crippen LogP contribution in [-0.2, 0) is 4.79 Å². The van der Waals surface area contributed by atoms with E-state index in [1.54, 1.807) is 18.3 Å². The van der Waals surface area contributed by atoms with Crippen molar-refractivity contribution in [2.75, 3.05) is 18.0 Å². The van der Waals surface area contributed by atoms with E-state index >= 15 is 0 Å². The van der Waals surface area contributed by atoms with Crippen LogP contribution in [0.3, 0.4) is 0 Å². The summed E-state index contributed by atoms with van der Waals surface area (Å²) in [7, 11) is 0. The molecule has 1 atom stereocenters. The summed E-state index contributed by atoms with van der Waals surface area (Å²) < 4.78 is 1.22. The van der Waals surface area contributed by atoms with Gasteiger partial charge in [-0.3, -0.25) is 4.79 Å². The van der Waals surface area contributed by atoms with E-state index < -0.39 is 0 Å². The third-order valence-electron chi connectivity index (χ3n) is 3.55. The molecule has 3 rings (SSSR count). The average Bonchev–Trinajstić information content (AvgIpc) is 2.82. The summed E-state index contributed by atoms with van der Waals surface area (Å²) in [5, 5.41) is 1.06. The lowest BCUT2D eigenvalue weighted by molar-refractivity contribution is -0.120. The second kappa shape index (κ2) is 4.69. The van der Waals surface area contributed by atoms with E-state index in [1.165, 1.54) is 4.70 Å². The van der Waals surface area contributed by atoms with Gasteiger partial charge >= 0.3 is 0 Å². The van der Waals surface area contributed by atoms with Crippen LogP contribution in [0.4, 0.5) is 5.13 Å². The Morgan fingerprint density at radius 3 is 3.06 bits per heavy atom. The number of hydrogen-bond acceptors (Lipinski definition) is 4. The Kier molecular flexibility index (Phi) is 3.04. The van der Waals surface area contributed by atoms with Crippen molar-refractivity contribution in [2.45, 2.75) is 19.8 Å². The number of ketones is 1.